The maximum atomic E-state index is 11.9. The molecule has 4 N–H and O–H groups in total. The zero-order chi connectivity index (χ0) is 12.2. The van der Waals surface area contributed by atoms with Crippen LogP contribution in [0.25, 0.3) is 0 Å². The minimum Gasteiger partial charge on any atom is -0.481 e. The van der Waals surface area contributed by atoms with Crippen molar-refractivity contribution in [3.63, 3.8) is 0 Å². The molecule has 0 aromatic carbocycles. The number of aliphatic carboxylic acids is 1. The monoisotopic (exact) mass is 228 g/mol. The Kier molecular flexibility index (Phi) is 4.29. The van der Waals surface area contributed by atoms with Crippen LogP contribution in [0.2, 0.25) is 0 Å². The molecule has 5 nitrogen and oxygen atoms in total. The number of hydrogen-bond donors (Lipinski definition) is 3. The van der Waals surface area contributed by atoms with Gasteiger partial charge in [0.25, 0.3) is 0 Å². The van der Waals surface area contributed by atoms with Gasteiger partial charge in [-0.2, -0.15) is 0 Å². The van der Waals surface area contributed by atoms with E-state index < -0.39 is 5.97 Å². The van der Waals surface area contributed by atoms with Gasteiger partial charge >= 0.3 is 5.97 Å². The van der Waals surface area contributed by atoms with Gasteiger partial charge < -0.3 is 16.2 Å². The van der Waals surface area contributed by atoms with Crippen LogP contribution in [0.1, 0.15) is 39.0 Å². The molecule has 1 fully saturated rings. The van der Waals surface area contributed by atoms with Gasteiger partial charge in [0.05, 0.1) is 5.41 Å². The molecule has 0 aliphatic heterocycles. The number of rotatable bonds is 6. The Bertz CT molecular complexity index is 269. The maximum Gasteiger partial charge on any atom is 0.303 e. The molecule has 1 amide bonds. The molecule has 0 radical (unpaired) electrons. The molecule has 5 heteroatoms. The van der Waals surface area contributed by atoms with Gasteiger partial charge in [0.15, 0.2) is 0 Å². The molecule has 0 aromatic heterocycles. The molecule has 0 saturated heterocycles. The van der Waals surface area contributed by atoms with E-state index in [1.54, 1.807) is 0 Å². The average molecular weight is 228 g/mol. The number of carbonyl (C=O) groups is 2. The van der Waals surface area contributed by atoms with E-state index in [0.717, 1.165) is 19.3 Å². The zero-order valence-corrected chi connectivity index (χ0v) is 9.66. The number of carboxylic acid groups (broad SMARTS) is 1. The zero-order valence-electron chi connectivity index (χ0n) is 9.66. The Morgan fingerprint density at radius 2 is 2.12 bits per heavy atom. The largest absolute Gasteiger partial charge is 0.481 e. The van der Waals surface area contributed by atoms with Crippen molar-refractivity contribution in [3.8, 4) is 0 Å². The summed E-state index contributed by atoms with van der Waals surface area (Å²) in [6.45, 7) is 2.20. The Morgan fingerprint density at radius 3 is 2.50 bits per heavy atom. The second kappa shape index (κ2) is 5.30. The van der Waals surface area contributed by atoms with E-state index in [1.165, 1.54) is 0 Å². The maximum absolute atomic E-state index is 11.9. The summed E-state index contributed by atoms with van der Waals surface area (Å²) >= 11 is 0. The van der Waals surface area contributed by atoms with Gasteiger partial charge in [-0.3, -0.25) is 9.59 Å². The van der Waals surface area contributed by atoms with Crippen molar-refractivity contribution in [1.29, 1.82) is 0 Å². The molecule has 1 rings (SSSR count). The van der Waals surface area contributed by atoms with Crippen LogP contribution in [0.5, 0.6) is 0 Å². The first-order chi connectivity index (χ1) is 7.50. The Morgan fingerprint density at radius 1 is 1.50 bits per heavy atom. The predicted octanol–water partition coefficient (Wildman–Crippen LogP) is 0.485. The molecule has 1 aliphatic carbocycles. The van der Waals surface area contributed by atoms with Gasteiger partial charge in [0.2, 0.25) is 5.91 Å². The fourth-order valence-electron chi connectivity index (χ4n) is 1.92. The SMILES string of the molecule is CC(CCC(=O)O)NC(=O)C1(CN)CCC1. The van der Waals surface area contributed by atoms with Gasteiger partial charge in [-0.05, 0) is 26.2 Å². The van der Waals surface area contributed by atoms with Crippen LogP contribution >= 0.6 is 0 Å². The van der Waals surface area contributed by atoms with Crippen molar-refractivity contribution in [2.45, 2.75) is 45.1 Å². The highest BCUT2D eigenvalue weighted by Gasteiger charge is 2.42. The third-order valence-corrected chi connectivity index (χ3v) is 3.35. The number of carboxylic acids is 1. The Labute approximate surface area is 95.4 Å². The lowest BCUT2D eigenvalue weighted by Gasteiger charge is -2.39. The quantitative estimate of drug-likeness (QED) is 0.616. The lowest BCUT2D eigenvalue weighted by molar-refractivity contribution is -0.139. The van der Waals surface area contributed by atoms with Crippen LogP contribution in [0.3, 0.4) is 0 Å². The second-order valence-electron chi connectivity index (χ2n) is 4.64. The molecular weight excluding hydrogens is 208 g/mol. The second-order valence-corrected chi connectivity index (χ2v) is 4.64. The Balaban J connectivity index is 2.35. The summed E-state index contributed by atoms with van der Waals surface area (Å²) in [7, 11) is 0. The highest BCUT2D eigenvalue weighted by Crippen LogP contribution is 2.40. The van der Waals surface area contributed by atoms with E-state index in [9.17, 15) is 9.59 Å². The average Bonchev–Trinajstić information content (AvgIpc) is 2.13. The molecule has 0 spiro atoms. The van der Waals surface area contributed by atoms with Crippen LogP contribution < -0.4 is 11.1 Å². The van der Waals surface area contributed by atoms with Crippen molar-refractivity contribution in [2.75, 3.05) is 6.54 Å². The molecule has 92 valence electrons. The third-order valence-electron chi connectivity index (χ3n) is 3.35. The molecule has 1 saturated carbocycles. The normalized spacial score (nSPS) is 19.6. The molecule has 1 aliphatic rings. The van der Waals surface area contributed by atoms with E-state index in [0.29, 0.717) is 13.0 Å². The van der Waals surface area contributed by atoms with Crippen LogP contribution in [0, 0.1) is 5.41 Å². The summed E-state index contributed by atoms with van der Waals surface area (Å²) in [5.41, 5.74) is 5.24. The highest BCUT2D eigenvalue weighted by molar-refractivity contribution is 5.84. The lowest BCUT2D eigenvalue weighted by atomic mass is 9.68. The van der Waals surface area contributed by atoms with Gasteiger partial charge in [0, 0.05) is 19.0 Å². The van der Waals surface area contributed by atoms with Gasteiger partial charge in [-0.1, -0.05) is 6.42 Å². The fraction of sp³-hybridized carbons (Fsp3) is 0.818. The number of carbonyl (C=O) groups excluding carboxylic acids is 1. The first-order valence-corrected chi connectivity index (χ1v) is 5.73. The number of amides is 1. The van der Waals surface area contributed by atoms with E-state index >= 15 is 0 Å². The third kappa shape index (κ3) is 2.95. The van der Waals surface area contributed by atoms with Gasteiger partial charge in [-0.25, -0.2) is 0 Å². The molecule has 16 heavy (non-hydrogen) atoms. The molecular formula is C11H20N2O3. The molecule has 0 heterocycles. The van der Waals surface area contributed by atoms with E-state index in [-0.39, 0.29) is 23.8 Å². The van der Waals surface area contributed by atoms with E-state index in [2.05, 4.69) is 5.32 Å². The van der Waals surface area contributed by atoms with Crippen molar-refractivity contribution in [1.82, 2.24) is 5.32 Å². The summed E-state index contributed by atoms with van der Waals surface area (Å²) < 4.78 is 0. The number of nitrogens with two attached hydrogens (primary N) is 1. The van der Waals surface area contributed by atoms with Crippen molar-refractivity contribution < 1.29 is 14.7 Å². The summed E-state index contributed by atoms with van der Waals surface area (Å²) in [6.07, 6.45) is 3.29. The molecule has 0 aromatic rings. The molecule has 0 bridgehead atoms. The Hall–Kier alpha value is -1.10. The summed E-state index contributed by atoms with van der Waals surface area (Å²) in [5, 5.41) is 11.4. The van der Waals surface area contributed by atoms with Crippen LogP contribution in [0.15, 0.2) is 0 Å². The lowest BCUT2D eigenvalue weighted by Crippen LogP contribution is -2.52. The fourth-order valence-corrected chi connectivity index (χ4v) is 1.92. The van der Waals surface area contributed by atoms with Crippen molar-refractivity contribution in [2.24, 2.45) is 11.1 Å². The minimum absolute atomic E-state index is 0.0147. The topological polar surface area (TPSA) is 92.4 Å². The summed E-state index contributed by atoms with van der Waals surface area (Å²) in [4.78, 5) is 22.3. The van der Waals surface area contributed by atoms with Crippen LogP contribution in [0.4, 0.5) is 0 Å². The van der Waals surface area contributed by atoms with Gasteiger partial charge in [0.1, 0.15) is 0 Å². The summed E-state index contributed by atoms with van der Waals surface area (Å²) in [6, 6.07) is -0.104. The van der Waals surface area contributed by atoms with Crippen molar-refractivity contribution in [3.05, 3.63) is 0 Å². The first-order valence-electron chi connectivity index (χ1n) is 5.73. The van der Waals surface area contributed by atoms with Crippen molar-refractivity contribution >= 4 is 11.9 Å². The van der Waals surface area contributed by atoms with E-state index in [4.69, 9.17) is 10.8 Å². The minimum atomic E-state index is -0.835. The van der Waals surface area contributed by atoms with E-state index in [1.807, 2.05) is 6.92 Å². The first kappa shape index (κ1) is 13.0. The standard InChI is InChI=1S/C11H20N2O3/c1-8(3-4-9(14)15)13-10(16)11(7-12)5-2-6-11/h8H,2-7,12H2,1H3,(H,13,16)(H,14,15). The predicted molar refractivity (Wildman–Crippen MR) is 59.8 cm³/mol. The van der Waals surface area contributed by atoms with Gasteiger partial charge in [-0.15, -0.1) is 0 Å². The number of nitrogens with one attached hydrogen (secondary N) is 1. The highest BCUT2D eigenvalue weighted by atomic mass is 16.4. The van der Waals surface area contributed by atoms with Crippen LogP contribution in [-0.4, -0.2) is 29.6 Å². The van der Waals surface area contributed by atoms with Crippen LogP contribution in [-0.2, 0) is 9.59 Å². The molecule has 1 unspecified atom stereocenters. The summed E-state index contributed by atoms with van der Waals surface area (Å²) in [5.74, 6) is -0.850. The molecule has 1 atom stereocenters. The number of hydrogen-bond acceptors (Lipinski definition) is 3. The smallest absolute Gasteiger partial charge is 0.303 e.